The van der Waals surface area contributed by atoms with Crippen LogP contribution in [0.2, 0.25) is 0 Å². The zero-order valence-corrected chi connectivity index (χ0v) is 13.4. The Kier molecular flexibility index (Phi) is 4.25. The highest BCUT2D eigenvalue weighted by Gasteiger charge is 2.14. The van der Waals surface area contributed by atoms with Crippen molar-refractivity contribution in [3.63, 3.8) is 0 Å². The lowest BCUT2D eigenvalue weighted by atomic mass is 9.99. The molecule has 0 amide bonds. The first kappa shape index (κ1) is 13.8. The Morgan fingerprint density at radius 1 is 1.22 bits per heavy atom. The van der Waals surface area contributed by atoms with E-state index in [1.165, 1.54) is 26.4 Å². The molecule has 2 aromatic rings. The first-order chi connectivity index (χ1) is 8.47. The summed E-state index contributed by atoms with van der Waals surface area (Å²) < 4.78 is 1.14. The van der Waals surface area contributed by atoms with E-state index in [0.29, 0.717) is 0 Å². The van der Waals surface area contributed by atoms with Crippen LogP contribution in [0.15, 0.2) is 28.7 Å². The first-order valence-corrected chi connectivity index (χ1v) is 7.66. The third kappa shape index (κ3) is 3.02. The minimum Gasteiger partial charge on any atom is -0.323 e. The van der Waals surface area contributed by atoms with E-state index in [1.54, 1.807) is 11.3 Å². The molecule has 2 N–H and O–H groups in total. The fraction of sp³-hybridized carbons (Fsp3) is 0.333. The number of halogens is 1. The topological polar surface area (TPSA) is 26.0 Å². The summed E-state index contributed by atoms with van der Waals surface area (Å²) in [6, 6.07) is 8.77. The van der Waals surface area contributed by atoms with Gasteiger partial charge in [-0.25, -0.2) is 0 Å². The average Bonchev–Trinajstić information content (AvgIpc) is 2.63. The van der Waals surface area contributed by atoms with Gasteiger partial charge in [-0.1, -0.05) is 23.8 Å². The van der Waals surface area contributed by atoms with Crippen molar-refractivity contribution in [2.24, 2.45) is 5.73 Å². The van der Waals surface area contributed by atoms with Gasteiger partial charge in [-0.05, 0) is 60.3 Å². The van der Waals surface area contributed by atoms with E-state index in [9.17, 15) is 0 Å². The highest BCUT2D eigenvalue weighted by Crippen LogP contribution is 2.33. The molecule has 96 valence electrons. The molecule has 0 saturated carbocycles. The molecular formula is C15H18BrNS. The second-order valence-electron chi connectivity index (χ2n) is 4.81. The third-order valence-electron chi connectivity index (χ3n) is 3.12. The summed E-state index contributed by atoms with van der Waals surface area (Å²) in [6.07, 6.45) is 0.895. The molecule has 0 aliphatic carbocycles. The Morgan fingerprint density at radius 2 is 1.94 bits per heavy atom. The molecule has 0 fully saturated rings. The minimum atomic E-state index is 0.0681. The summed E-state index contributed by atoms with van der Waals surface area (Å²) in [5.41, 5.74) is 10.3. The zero-order chi connectivity index (χ0) is 13.3. The summed E-state index contributed by atoms with van der Waals surface area (Å²) in [5.74, 6) is 0. The number of hydrogen-bond donors (Lipinski definition) is 1. The van der Waals surface area contributed by atoms with Gasteiger partial charge in [-0.15, -0.1) is 11.3 Å². The van der Waals surface area contributed by atoms with E-state index in [-0.39, 0.29) is 6.04 Å². The second kappa shape index (κ2) is 5.55. The lowest BCUT2D eigenvalue weighted by molar-refractivity contribution is 0.730. The van der Waals surface area contributed by atoms with Crippen LogP contribution in [0.3, 0.4) is 0 Å². The van der Waals surface area contributed by atoms with Gasteiger partial charge in [0.05, 0.1) is 0 Å². The fourth-order valence-corrected chi connectivity index (χ4v) is 4.05. The van der Waals surface area contributed by atoms with Crippen molar-refractivity contribution in [2.45, 2.75) is 33.2 Å². The number of hydrogen-bond acceptors (Lipinski definition) is 2. The lowest BCUT2D eigenvalue weighted by Crippen LogP contribution is -2.13. The summed E-state index contributed by atoms with van der Waals surface area (Å²) in [7, 11) is 0. The molecule has 0 saturated heterocycles. The maximum atomic E-state index is 6.34. The molecule has 1 aromatic heterocycles. The highest BCUT2D eigenvalue weighted by atomic mass is 79.9. The van der Waals surface area contributed by atoms with Gasteiger partial charge in [0.25, 0.3) is 0 Å². The molecule has 1 nitrogen and oxygen atoms in total. The smallest absolute Gasteiger partial charge is 0.0442 e. The van der Waals surface area contributed by atoms with Gasteiger partial charge in [0.15, 0.2) is 0 Å². The van der Waals surface area contributed by atoms with E-state index >= 15 is 0 Å². The van der Waals surface area contributed by atoms with Gasteiger partial charge in [0, 0.05) is 20.3 Å². The molecule has 0 bridgehead atoms. The summed E-state index contributed by atoms with van der Waals surface area (Å²) in [6.45, 7) is 6.39. The van der Waals surface area contributed by atoms with Crippen molar-refractivity contribution in [2.75, 3.05) is 0 Å². The van der Waals surface area contributed by atoms with Gasteiger partial charge in [-0.2, -0.15) is 0 Å². The molecule has 2 rings (SSSR count). The summed E-state index contributed by atoms with van der Waals surface area (Å²) in [5, 5.41) is 0. The third-order valence-corrected chi connectivity index (χ3v) is 5.22. The Bertz CT molecular complexity index is 560. The first-order valence-electron chi connectivity index (χ1n) is 6.05. The molecule has 1 aromatic carbocycles. The molecule has 1 unspecified atom stereocenters. The van der Waals surface area contributed by atoms with Crippen LogP contribution < -0.4 is 5.73 Å². The molecule has 1 atom stereocenters. The Balaban J connectivity index is 2.23. The summed E-state index contributed by atoms with van der Waals surface area (Å²) >= 11 is 5.37. The SMILES string of the molecule is Cc1ccc(C)c(CC(N)c2sc(C)cc2Br)c1. The quantitative estimate of drug-likeness (QED) is 0.872. The van der Waals surface area contributed by atoms with Gasteiger partial charge in [0.1, 0.15) is 0 Å². The lowest BCUT2D eigenvalue weighted by Gasteiger charge is -2.13. The van der Waals surface area contributed by atoms with Crippen LogP contribution in [0.25, 0.3) is 0 Å². The predicted octanol–water partition coefficient (Wildman–Crippen LogP) is 4.68. The normalized spacial score (nSPS) is 12.7. The molecule has 0 spiro atoms. The number of rotatable bonds is 3. The number of aryl methyl sites for hydroxylation is 3. The Morgan fingerprint density at radius 3 is 2.56 bits per heavy atom. The van der Waals surface area contributed by atoms with Gasteiger partial charge >= 0.3 is 0 Å². The maximum Gasteiger partial charge on any atom is 0.0442 e. The minimum absolute atomic E-state index is 0.0681. The van der Waals surface area contributed by atoms with Crippen LogP contribution in [0.5, 0.6) is 0 Å². The van der Waals surface area contributed by atoms with E-state index < -0.39 is 0 Å². The van der Waals surface area contributed by atoms with Gasteiger partial charge < -0.3 is 5.73 Å². The predicted molar refractivity (Wildman–Crippen MR) is 83.3 cm³/mol. The van der Waals surface area contributed by atoms with Gasteiger partial charge in [-0.3, -0.25) is 0 Å². The highest BCUT2D eigenvalue weighted by molar-refractivity contribution is 9.10. The van der Waals surface area contributed by atoms with Crippen LogP contribution in [-0.4, -0.2) is 0 Å². The monoisotopic (exact) mass is 323 g/mol. The summed E-state index contributed by atoms with van der Waals surface area (Å²) in [4.78, 5) is 2.54. The molecular weight excluding hydrogens is 306 g/mol. The van der Waals surface area contributed by atoms with Crippen LogP contribution in [0, 0.1) is 20.8 Å². The van der Waals surface area contributed by atoms with Crippen LogP contribution in [-0.2, 0) is 6.42 Å². The fourth-order valence-electron chi connectivity index (χ4n) is 2.10. The standard InChI is InChI=1S/C15H18BrNS/c1-9-4-5-10(2)12(6-9)8-14(17)15-13(16)7-11(3)18-15/h4-7,14H,8,17H2,1-3H3. The number of benzene rings is 1. The molecule has 1 heterocycles. The van der Waals surface area contributed by atoms with Gasteiger partial charge in [0.2, 0.25) is 0 Å². The van der Waals surface area contributed by atoms with Crippen LogP contribution >= 0.6 is 27.3 Å². The second-order valence-corrected chi connectivity index (χ2v) is 6.95. The largest absolute Gasteiger partial charge is 0.323 e. The molecule has 3 heteroatoms. The zero-order valence-electron chi connectivity index (χ0n) is 11.0. The van der Waals surface area contributed by atoms with Crippen molar-refractivity contribution in [3.8, 4) is 0 Å². The van der Waals surface area contributed by atoms with E-state index in [1.807, 2.05) is 0 Å². The average molecular weight is 324 g/mol. The molecule has 0 aliphatic rings. The van der Waals surface area contributed by atoms with Crippen molar-refractivity contribution in [3.05, 3.63) is 55.2 Å². The number of nitrogens with two attached hydrogens (primary N) is 1. The van der Waals surface area contributed by atoms with E-state index in [0.717, 1.165) is 10.9 Å². The maximum absolute atomic E-state index is 6.34. The Hall–Kier alpha value is -0.640. The molecule has 0 radical (unpaired) electrons. The van der Waals surface area contributed by atoms with Crippen molar-refractivity contribution in [1.29, 1.82) is 0 Å². The van der Waals surface area contributed by atoms with E-state index in [2.05, 4.69) is 61.0 Å². The number of thiophene rings is 1. The van der Waals surface area contributed by atoms with Crippen molar-refractivity contribution < 1.29 is 0 Å². The van der Waals surface area contributed by atoms with Crippen molar-refractivity contribution >= 4 is 27.3 Å². The van der Waals surface area contributed by atoms with E-state index in [4.69, 9.17) is 5.73 Å². The molecule has 18 heavy (non-hydrogen) atoms. The molecule has 0 aliphatic heterocycles. The van der Waals surface area contributed by atoms with Crippen LogP contribution in [0.1, 0.15) is 32.5 Å². The Labute approximate surface area is 121 Å². The van der Waals surface area contributed by atoms with Crippen molar-refractivity contribution in [1.82, 2.24) is 0 Å². The van der Waals surface area contributed by atoms with Crippen LogP contribution in [0.4, 0.5) is 0 Å².